The fraction of sp³-hybridized carbons (Fsp3) is 0.176. The number of anilines is 1. The van der Waals surface area contributed by atoms with Crippen molar-refractivity contribution in [1.29, 1.82) is 0 Å². The summed E-state index contributed by atoms with van der Waals surface area (Å²) in [6.45, 7) is 0. The first-order valence-electron chi connectivity index (χ1n) is 6.94. The fourth-order valence-electron chi connectivity index (χ4n) is 2.03. The maximum atomic E-state index is 12.4. The molecule has 0 saturated carbocycles. The van der Waals surface area contributed by atoms with Crippen molar-refractivity contribution in [2.45, 2.75) is 0 Å². The molecule has 0 radical (unpaired) electrons. The number of rotatable bonds is 5. The number of carbonyl (C=O) groups excluding carboxylic acids is 2. The second-order valence-corrected chi connectivity index (χ2v) is 4.68. The first-order chi connectivity index (χ1) is 11.1. The Morgan fingerprint density at radius 2 is 1.61 bits per heavy atom. The van der Waals surface area contributed by atoms with Gasteiger partial charge < -0.3 is 20.1 Å². The molecule has 0 aromatic heterocycles. The number of hydrogen-bond donors (Lipinski definition) is 2. The summed E-state index contributed by atoms with van der Waals surface area (Å²) < 4.78 is 10.3. The van der Waals surface area contributed by atoms with Crippen LogP contribution in [0.3, 0.4) is 0 Å². The van der Waals surface area contributed by atoms with Crippen molar-refractivity contribution in [2.24, 2.45) is 0 Å². The average Bonchev–Trinajstić information content (AvgIpc) is 2.60. The molecule has 6 heteroatoms. The van der Waals surface area contributed by atoms with Crippen LogP contribution in [0.5, 0.6) is 11.5 Å². The van der Waals surface area contributed by atoms with Gasteiger partial charge in [0.2, 0.25) is 0 Å². The van der Waals surface area contributed by atoms with Crippen LogP contribution in [0.1, 0.15) is 20.7 Å². The Hall–Kier alpha value is -3.02. The molecule has 2 aromatic rings. The highest BCUT2D eigenvalue weighted by molar-refractivity contribution is 6.06. The Morgan fingerprint density at radius 3 is 2.17 bits per heavy atom. The first kappa shape index (κ1) is 16.4. The molecule has 6 nitrogen and oxygen atoms in total. The SMILES string of the molecule is CNC(=O)c1ccc(NC(=O)c2ccc(OC)cc2OC)cc1. The van der Waals surface area contributed by atoms with Gasteiger partial charge >= 0.3 is 0 Å². The summed E-state index contributed by atoms with van der Waals surface area (Å²) >= 11 is 0. The van der Waals surface area contributed by atoms with Crippen LogP contribution in [-0.4, -0.2) is 33.1 Å². The lowest BCUT2D eigenvalue weighted by molar-refractivity contribution is 0.0962. The van der Waals surface area contributed by atoms with Gasteiger partial charge in [-0.25, -0.2) is 0 Å². The quantitative estimate of drug-likeness (QED) is 0.888. The molecular weight excluding hydrogens is 296 g/mol. The van der Waals surface area contributed by atoms with E-state index in [1.54, 1.807) is 56.6 Å². The summed E-state index contributed by atoms with van der Waals surface area (Å²) in [6, 6.07) is 11.6. The van der Waals surface area contributed by atoms with Crippen molar-refractivity contribution in [1.82, 2.24) is 5.32 Å². The minimum Gasteiger partial charge on any atom is -0.497 e. The van der Waals surface area contributed by atoms with Crippen LogP contribution in [0.15, 0.2) is 42.5 Å². The molecule has 0 saturated heterocycles. The number of hydrogen-bond acceptors (Lipinski definition) is 4. The lowest BCUT2D eigenvalue weighted by atomic mass is 10.1. The van der Waals surface area contributed by atoms with E-state index in [1.165, 1.54) is 7.11 Å². The van der Waals surface area contributed by atoms with Crippen molar-refractivity contribution < 1.29 is 19.1 Å². The van der Waals surface area contributed by atoms with Gasteiger partial charge in [-0.15, -0.1) is 0 Å². The molecule has 2 rings (SSSR count). The van der Waals surface area contributed by atoms with Crippen LogP contribution in [0.4, 0.5) is 5.69 Å². The molecule has 0 atom stereocenters. The molecule has 120 valence electrons. The number of ether oxygens (including phenoxy) is 2. The lowest BCUT2D eigenvalue weighted by Gasteiger charge is -2.11. The summed E-state index contributed by atoms with van der Waals surface area (Å²) in [4.78, 5) is 23.8. The van der Waals surface area contributed by atoms with E-state index in [2.05, 4.69) is 10.6 Å². The molecule has 2 amide bonds. The Morgan fingerprint density at radius 1 is 0.913 bits per heavy atom. The Balaban J connectivity index is 2.17. The van der Waals surface area contributed by atoms with E-state index in [4.69, 9.17) is 9.47 Å². The molecule has 0 spiro atoms. The van der Waals surface area contributed by atoms with E-state index < -0.39 is 0 Å². The van der Waals surface area contributed by atoms with Crippen LogP contribution in [0.2, 0.25) is 0 Å². The maximum absolute atomic E-state index is 12.4. The van der Waals surface area contributed by atoms with Crippen molar-refractivity contribution in [3.05, 3.63) is 53.6 Å². The lowest BCUT2D eigenvalue weighted by Crippen LogP contribution is -2.18. The molecule has 0 fully saturated rings. The summed E-state index contributed by atoms with van der Waals surface area (Å²) in [5, 5.41) is 5.30. The molecule has 0 aliphatic rings. The second kappa shape index (κ2) is 7.31. The highest BCUT2D eigenvalue weighted by atomic mass is 16.5. The third-order valence-corrected chi connectivity index (χ3v) is 3.29. The van der Waals surface area contributed by atoms with E-state index in [1.807, 2.05) is 0 Å². The summed E-state index contributed by atoms with van der Waals surface area (Å²) in [7, 11) is 4.60. The molecule has 2 aromatic carbocycles. The average molecular weight is 314 g/mol. The van der Waals surface area contributed by atoms with E-state index in [0.29, 0.717) is 28.3 Å². The van der Waals surface area contributed by atoms with Crippen LogP contribution < -0.4 is 20.1 Å². The molecule has 0 bridgehead atoms. The Bertz CT molecular complexity index is 711. The molecule has 0 aliphatic carbocycles. The first-order valence-corrected chi connectivity index (χ1v) is 6.94. The predicted octanol–water partition coefficient (Wildman–Crippen LogP) is 2.32. The predicted molar refractivity (Wildman–Crippen MR) is 87.3 cm³/mol. The van der Waals surface area contributed by atoms with Crippen LogP contribution >= 0.6 is 0 Å². The zero-order valence-corrected chi connectivity index (χ0v) is 13.2. The minimum atomic E-state index is -0.308. The standard InChI is InChI=1S/C17H18N2O4/c1-18-16(20)11-4-6-12(7-5-11)19-17(21)14-9-8-13(22-2)10-15(14)23-3/h4-10H,1-3H3,(H,18,20)(H,19,21). The largest absolute Gasteiger partial charge is 0.497 e. The number of methoxy groups -OCH3 is 2. The van der Waals surface area contributed by atoms with E-state index in [0.717, 1.165) is 0 Å². The summed E-state index contributed by atoms with van der Waals surface area (Å²) in [6.07, 6.45) is 0. The Labute approximate surface area is 134 Å². The molecule has 0 heterocycles. The third-order valence-electron chi connectivity index (χ3n) is 3.29. The topological polar surface area (TPSA) is 76.7 Å². The number of nitrogens with one attached hydrogen (secondary N) is 2. The van der Waals surface area contributed by atoms with Crippen LogP contribution in [-0.2, 0) is 0 Å². The zero-order valence-electron chi connectivity index (χ0n) is 13.2. The van der Waals surface area contributed by atoms with Gasteiger partial charge in [0.05, 0.1) is 19.8 Å². The van der Waals surface area contributed by atoms with Crippen molar-refractivity contribution >= 4 is 17.5 Å². The molecule has 2 N–H and O–H groups in total. The van der Waals surface area contributed by atoms with Gasteiger partial charge in [0.1, 0.15) is 11.5 Å². The summed E-state index contributed by atoms with van der Waals surface area (Å²) in [5.41, 5.74) is 1.50. The minimum absolute atomic E-state index is 0.181. The highest BCUT2D eigenvalue weighted by Gasteiger charge is 2.13. The molecule has 0 aliphatic heterocycles. The smallest absolute Gasteiger partial charge is 0.259 e. The van der Waals surface area contributed by atoms with E-state index in [9.17, 15) is 9.59 Å². The number of amides is 2. The van der Waals surface area contributed by atoms with Gasteiger partial charge in [-0.2, -0.15) is 0 Å². The summed E-state index contributed by atoms with van der Waals surface area (Å²) in [5.74, 6) is 0.536. The van der Waals surface area contributed by atoms with Crippen molar-refractivity contribution in [3.8, 4) is 11.5 Å². The normalized spacial score (nSPS) is 9.87. The van der Waals surface area contributed by atoms with Gasteiger partial charge in [0.25, 0.3) is 11.8 Å². The molecule has 23 heavy (non-hydrogen) atoms. The Kier molecular flexibility index (Phi) is 5.19. The fourth-order valence-corrected chi connectivity index (χ4v) is 2.03. The van der Waals surface area contributed by atoms with Gasteiger partial charge in [-0.1, -0.05) is 0 Å². The van der Waals surface area contributed by atoms with E-state index >= 15 is 0 Å². The van der Waals surface area contributed by atoms with Gasteiger partial charge in [-0.05, 0) is 36.4 Å². The third kappa shape index (κ3) is 3.79. The molecule has 0 unspecified atom stereocenters. The second-order valence-electron chi connectivity index (χ2n) is 4.68. The van der Waals surface area contributed by atoms with Gasteiger partial charge in [0, 0.05) is 24.4 Å². The van der Waals surface area contributed by atoms with Gasteiger partial charge in [0.15, 0.2) is 0 Å². The monoisotopic (exact) mass is 314 g/mol. The van der Waals surface area contributed by atoms with Gasteiger partial charge in [-0.3, -0.25) is 9.59 Å². The number of benzene rings is 2. The van der Waals surface area contributed by atoms with Crippen molar-refractivity contribution in [3.63, 3.8) is 0 Å². The van der Waals surface area contributed by atoms with Crippen LogP contribution in [0.25, 0.3) is 0 Å². The van der Waals surface area contributed by atoms with Crippen molar-refractivity contribution in [2.75, 3.05) is 26.6 Å². The zero-order chi connectivity index (χ0) is 16.8. The van der Waals surface area contributed by atoms with Crippen LogP contribution in [0, 0.1) is 0 Å². The number of carbonyl (C=O) groups is 2. The maximum Gasteiger partial charge on any atom is 0.259 e. The molecular formula is C17H18N2O4. The highest BCUT2D eigenvalue weighted by Crippen LogP contribution is 2.25. The van der Waals surface area contributed by atoms with E-state index in [-0.39, 0.29) is 11.8 Å².